The lowest BCUT2D eigenvalue weighted by molar-refractivity contribution is -0.119. The number of carbonyl (C=O) groups is 1. The molecule has 1 amide bonds. The second-order valence-electron chi connectivity index (χ2n) is 4.46. The van der Waals surface area contributed by atoms with Crippen LogP contribution in [0, 0.1) is 5.82 Å². The molecule has 0 fully saturated rings. The first-order valence-electron chi connectivity index (χ1n) is 6.12. The Labute approximate surface area is 131 Å². The number of carbonyl (C=O) groups excluding carboxylic acids is 1. The number of nitrogens with two attached hydrogens (primary N) is 1. The summed E-state index contributed by atoms with van der Waals surface area (Å²) in [6, 6.07) is 8.91. The fourth-order valence-corrected chi connectivity index (χ4v) is 3.10. The molecular weight excluding hydrogens is 331 g/mol. The van der Waals surface area contributed by atoms with E-state index in [-0.39, 0.29) is 10.5 Å². The molecule has 1 unspecified atom stereocenters. The third-order valence-electron chi connectivity index (χ3n) is 2.88. The van der Waals surface area contributed by atoms with E-state index >= 15 is 0 Å². The summed E-state index contributed by atoms with van der Waals surface area (Å²) in [6.07, 6.45) is 0. The lowest BCUT2D eigenvalue weighted by Gasteiger charge is -2.16. The van der Waals surface area contributed by atoms with Gasteiger partial charge in [-0.1, -0.05) is 23.7 Å². The first-order chi connectivity index (χ1) is 10.3. The second-order valence-corrected chi connectivity index (χ2v) is 6.61. The van der Waals surface area contributed by atoms with Gasteiger partial charge >= 0.3 is 0 Å². The van der Waals surface area contributed by atoms with Crippen molar-refractivity contribution in [2.24, 2.45) is 5.73 Å². The van der Waals surface area contributed by atoms with Gasteiger partial charge in [0.15, 0.2) is 0 Å². The lowest BCUT2D eigenvalue weighted by atomic mass is 10.1. The topological polar surface area (TPSA) is 89.3 Å². The van der Waals surface area contributed by atoms with Crippen molar-refractivity contribution in [2.75, 3.05) is 0 Å². The van der Waals surface area contributed by atoms with E-state index in [1.54, 1.807) is 0 Å². The van der Waals surface area contributed by atoms with Crippen molar-refractivity contribution in [3.05, 3.63) is 64.9 Å². The van der Waals surface area contributed by atoms with Crippen LogP contribution in [0.1, 0.15) is 11.6 Å². The fraction of sp³-hybridized carbons (Fsp3) is 0.0714. The Balaban J connectivity index is 2.33. The van der Waals surface area contributed by atoms with Crippen molar-refractivity contribution < 1.29 is 17.6 Å². The number of benzene rings is 2. The molecule has 116 valence electrons. The molecule has 0 bridgehead atoms. The Morgan fingerprint density at radius 3 is 2.14 bits per heavy atom. The predicted octanol–water partition coefficient (Wildman–Crippen LogP) is 1.98. The van der Waals surface area contributed by atoms with E-state index in [1.807, 2.05) is 0 Å². The van der Waals surface area contributed by atoms with Gasteiger partial charge in [0.1, 0.15) is 11.9 Å². The summed E-state index contributed by atoms with van der Waals surface area (Å²) in [4.78, 5) is 11.5. The molecule has 1 atom stereocenters. The lowest BCUT2D eigenvalue weighted by Crippen LogP contribution is -2.37. The molecule has 0 spiro atoms. The molecule has 0 saturated carbocycles. The van der Waals surface area contributed by atoms with E-state index in [9.17, 15) is 17.6 Å². The van der Waals surface area contributed by atoms with E-state index in [0.717, 1.165) is 12.1 Å². The first-order valence-corrected chi connectivity index (χ1v) is 7.98. The minimum atomic E-state index is -3.98. The highest BCUT2D eigenvalue weighted by atomic mass is 35.5. The molecule has 0 aliphatic heterocycles. The predicted molar refractivity (Wildman–Crippen MR) is 80.1 cm³/mol. The summed E-state index contributed by atoms with van der Waals surface area (Å²) >= 11 is 5.70. The molecule has 0 aromatic heterocycles. The Morgan fingerprint density at radius 1 is 1.09 bits per heavy atom. The maximum absolute atomic E-state index is 12.9. The van der Waals surface area contributed by atoms with Gasteiger partial charge < -0.3 is 5.73 Å². The van der Waals surface area contributed by atoms with Crippen molar-refractivity contribution in [1.29, 1.82) is 0 Å². The van der Waals surface area contributed by atoms with Gasteiger partial charge in [0.25, 0.3) is 0 Å². The highest BCUT2D eigenvalue weighted by Crippen LogP contribution is 2.19. The minimum absolute atomic E-state index is 0.0646. The first kappa shape index (κ1) is 16.4. The maximum Gasteiger partial charge on any atom is 0.241 e. The molecule has 0 aliphatic carbocycles. The number of amides is 1. The average molecular weight is 343 g/mol. The SMILES string of the molecule is NC(=O)C(NS(=O)(=O)c1ccc(Cl)cc1)c1ccc(F)cc1. The van der Waals surface area contributed by atoms with E-state index in [4.69, 9.17) is 17.3 Å². The summed E-state index contributed by atoms with van der Waals surface area (Å²) < 4.78 is 39.6. The Morgan fingerprint density at radius 2 is 1.64 bits per heavy atom. The third-order valence-corrected chi connectivity index (χ3v) is 4.58. The van der Waals surface area contributed by atoms with E-state index < -0.39 is 27.8 Å². The van der Waals surface area contributed by atoms with E-state index in [0.29, 0.717) is 5.02 Å². The molecule has 2 aromatic carbocycles. The number of hydrogen-bond donors (Lipinski definition) is 2. The van der Waals surface area contributed by atoms with Crippen LogP contribution in [-0.2, 0) is 14.8 Å². The summed E-state index contributed by atoms with van der Waals surface area (Å²) in [7, 11) is -3.98. The standard InChI is InChI=1S/C14H12ClFN2O3S/c15-10-3-7-12(8-4-10)22(20,21)18-13(14(17)19)9-1-5-11(16)6-2-9/h1-8,13,18H,(H2,17,19). The molecule has 2 aromatic rings. The van der Waals surface area contributed by atoms with Gasteiger partial charge in [-0.15, -0.1) is 0 Å². The van der Waals surface area contributed by atoms with Crippen LogP contribution >= 0.6 is 11.6 Å². The number of nitrogens with one attached hydrogen (secondary N) is 1. The number of sulfonamides is 1. The number of halogens is 2. The number of rotatable bonds is 5. The van der Waals surface area contributed by atoms with E-state index in [2.05, 4.69) is 4.72 Å². The van der Waals surface area contributed by atoms with Crippen molar-refractivity contribution in [3.8, 4) is 0 Å². The molecule has 0 saturated heterocycles. The Hall–Kier alpha value is -1.96. The van der Waals surface area contributed by atoms with Crippen LogP contribution in [-0.4, -0.2) is 14.3 Å². The van der Waals surface area contributed by atoms with Crippen molar-refractivity contribution >= 4 is 27.5 Å². The summed E-state index contributed by atoms with van der Waals surface area (Å²) in [6.45, 7) is 0. The van der Waals surface area contributed by atoms with Crippen LogP contribution in [0.3, 0.4) is 0 Å². The van der Waals surface area contributed by atoms with Crippen LogP contribution in [0.5, 0.6) is 0 Å². The van der Waals surface area contributed by atoms with Gasteiger partial charge in [-0.3, -0.25) is 4.79 Å². The smallest absolute Gasteiger partial charge is 0.241 e. The van der Waals surface area contributed by atoms with Crippen LogP contribution in [0.15, 0.2) is 53.4 Å². The summed E-state index contributed by atoms with van der Waals surface area (Å²) in [5.74, 6) is -1.41. The Bertz CT molecular complexity index is 777. The maximum atomic E-state index is 12.9. The van der Waals surface area contributed by atoms with Crippen molar-refractivity contribution in [3.63, 3.8) is 0 Å². The van der Waals surface area contributed by atoms with Gasteiger partial charge in [-0.2, -0.15) is 4.72 Å². The van der Waals surface area contributed by atoms with Gasteiger partial charge in [0.05, 0.1) is 4.90 Å². The largest absolute Gasteiger partial charge is 0.368 e. The normalized spacial score (nSPS) is 12.8. The minimum Gasteiger partial charge on any atom is -0.368 e. The molecule has 0 radical (unpaired) electrons. The van der Waals surface area contributed by atoms with Crippen LogP contribution in [0.4, 0.5) is 4.39 Å². The zero-order valence-electron chi connectivity index (χ0n) is 11.2. The molecule has 22 heavy (non-hydrogen) atoms. The molecule has 0 heterocycles. The monoisotopic (exact) mass is 342 g/mol. The highest BCUT2D eigenvalue weighted by molar-refractivity contribution is 7.89. The molecule has 0 aliphatic rings. The zero-order chi connectivity index (χ0) is 16.3. The van der Waals surface area contributed by atoms with E-state index in [1.165, 1.54) is 36.4 Å². The summed E-state index contributed by atoms with van der Waals surface area (Å²) in [5, 5.41) is 0.379. The van der Waals surface area contributed by atoms with Crippen LogP contribution in [0.25, 0.3) is 0 Å². The second kappa shape index (κ2) is 6.43. The summed E-state index contributed by atoms with van der Waals surface area (Å²) in [5.41, 5.74) is 5.48. The average Bonchev–Trinajstić information content (AvgIpc) is 2.46. The van der Waals surface area contributed by atoms with Crippen LogP contribution in [0.2, 0.25) is 5.02 Å². The van der Waals surface area contributed by atoms with Crippen molar-refractivity contribution in [2.45, 2.75) is 10.9 Å². The van der Waals surface area contributed by atoms with Gasteiger partial charge in [-0.05, 0) is 42.0 Å². The molecule has 5 nitrogen and oxygen atoms in total. The Kier molecular flexibility index (Phi) is 4.80. The number of primary amides is 1. The quantitative estimate of drug-likeness (QED) is 0.870. The van der Waals surface area contributed by atoms with Gasteiger partial charge in [0, 0.05) is 5.02 Å². The van der Waals surface area contributed by atoms with Gasteiger partial charge in [-0.25, -0.2) is 12.8 Å². The molecular formula is C14H12ClFN2O3S. The highest BCUT2D eigenvalue weighted by Gasteiger charge is 2.25. The van der Waals surface area contributed by atoms with Crippen LogP contribution < -0.4 is 10.5 Å². The molecule has 2 rings (SSSR count). The molecule has 3 N–H and O–H groups in total. The fourth-order valence-electron chi connectivity index (χ4n) is 1.78. The van der Waals surface area contributed by atoms with Gasteiger partial charge in [0.2, 0.25) is 15.9 Å². The zero-order valence-corrected chi connectivity index (χ0v) is 12.7. The molecule has 8 heteroatoms. The van der Waals surface area contributed by atoms with Crippen molar-refractivity contribution in [1.82, 2.24) is 4.72 Å². The number of hydrogen-bond acceptors (Lipinski definition) is 3. The third kappa shape index (κ3) is 3.82.